The summed E-state index contributed by atoms with van der Waals surface area (Å²) in [4.78, 5) is 28.4. The van der Waals surface area contributed by atoms with Crippen LogP contribution in [0.15, 0.2) is 48.5 Å². The molecular formula is C36H46BrN7O4. The summed E-state index contributed by atoms with van der Waals surface area (Å²) in [5.74, 6) is 0. The van der Waals surface area contributed by atoms with Crippen LogP contribution in [0.3, 0.4) is 0 Å². The quantitative estimate of drug-likeness (QED) is 0.228. The molecule has 4 heterocycles. The van der Waals surface area contributed by atoms with Crippen LogP contribution in [-0.4, -0.2) is 54.6 Å². The van der Waals surface area contributed by atoms with E-state index < -0.39 is 0 Å². The van der Waals surface area contributed by atoms with E-state index in [0.717, 1.165) is 65.2 Å². The number of amides is 2. The van der Waals surface area contributed by atoms with Crippen LogP contribution < -0.4 is 5.73 Å². The van der Waals surface area contributed by atoms with Gasteiger partial charge in [0.2, 0.25) is 0 Å². The van der Waals surface area contributed by atoms with Crippen molar-refractivity contribution in [1.29, 1.82) is 0 Å². The summed E-state index contributed by atoms with van der Waals surface area (Å²) in [5.41, 5.74) is 16.3. The Morgan fingerprint density at radius 1 is 0.667 bits per heavy atom. The van der Waals surface area contributed by atoms with Crippen LogP contribution in [0.4, 0.5) is 9.59 Å². The lowest BCUT2D eigenvalue weighted by Crippen LogP contribution is -2.31. The molecule has 2 aromatic heterocycles. The van der Waals surface area contributed by atoms with Crippen molar-refractivity contribution < 1.29 is 19.1 Å². The molecule has 2 aromatic carbocycles. The fourth-order valence-corrected chi connectivity index (χ4v) is 6.57. The molecule has 0 radical (unpaired) electrons. The van der Waals surface area contributed by atoms with Gasteiger partial charge in [-0.2, -0.15) is 10.2 Å². The van der Waals surface area contributed by atoms with E-state index >= 15 is 0 Å². The van der Waals surface area contributed by atoms with E-state index in [1.165, 1.54) is 22.3 Å². The number of nitrogens with zero attached hydrogens (tertiary/aromatic N) is 6. The molecule has 2 aliphatic rings. The predicted octanol–water partition coefficient (Wildman–Crippen LogP) is 6.44. The molecule has 11 nitrogen and oxygen atoms in total. The molecule has 0 fully saturated rings. The SMILES string of the molecule is Cc1cc(C)cc(COC(=O)N2CCCn3nc(CBr)cc3C2)c1.Cc1cc(C)cc(COC(=O)N2CCCn3nc(CN)cc3C2)c1. The average molecular weight is 721 g/mol. The van der Waals surface area contributed by atoms with Crippen molar-refractivity contribution in [3.05, 3.63) is 105 Å². The molecule has 0 atom stereocenters. The second-order valence-electron chi connectivity index (χ2n) is 12.7. The minimum Gasteiger partial charge on any atom is -0.445 e. The molecule has 2 N–H and O–H groups in total. The first-order chi connectivity index (χ1) is 23.1. The first-order valence-corrected chi connectivity index (χ1v) is 17.6. The summed E-state index contributed by atoms with van der Waals surface area (Å²) in [6.45, 7) is 13.3. The smallest absolute Gasteiger partial charge is 0.410 e. The van der Waals surface area contributed by atoms with Gasteiger partial charge >= 0.3 is 12.2 Å². The van der Waals surface area contributed by atoms with Crippen molar-refractivity contribution in [2.24, 2.45) is 5.73 Å². The summed E-state index contributed by atoms with van der Waals surface area (Å²) >= 11 is 3.43. The summed E-state index contributed by atoms with van der Waals surface area (Å²) in [6.07, 6.45) is 1.20. The van der Waals surface area contributed by atoms with Crippen LogP contribution in [0.5, 0.6) is 0 Å². The van der Waals surface area contributed by atoms with Gasteiger partial charge in [0.15, 0.2) is 0 Å². The molecule has 0 saturated carbocycles. The Morgan fingerprint density at radius 2 is 1.08 bits per heavy atom. The van der Waals surface area contributed by atoms with Crippen molar-refractivity contribution in [2.45, 2.75) is 91.8 Å². The number of fused-ring (bicyclic) bond motifs is 2. The second-order valence-corrected chi connectivity index (χ2v) is 13.3. The summed E-state index contributed by atoms with van der Waals surface area (Å²) in [5, 5.41) is 9.70. The lowest BCUT2D eigenvalue weighted by Gasteiger charge is -2.19. The molecule has 48 heavy (non-hydrogen) atoms. The van der Waals surface area contributed by atoms with E-state index in [1.54, 1.807) is 9.80 Å². The number of aromatic nitrogens is 4. The number of alkyl halides is 1. The molecule has 0 unspecified atom stereocenters. The molecule has 0 bridgehead atoms. The lowest BCUT2D eigenvalue weighted by molar-refractivity contribution is 0.0935. The zero-order valence-electron chi connectivity index (χ0n) is 28.4. The van der Waals surface area contributed by atoms with Crippen LogP contribution in [0, 0.1) is 27.7 Å². The molecular weight excluding hydrogens is 674 g/mol. The highest BCUT2D eigenvalue weighted by molar-refractivity contribution is 9.08. The fraction of sp³-hybridized carbons (Fsp3) is 0.444. The molecule has 4 aromatic rings. The lowest BCUT2D eigenvalue weighted by atomic mass is 10.1. The van der Waals surface area contributed by atoms with Gasteiger partial charge in [0.1, 0.15) is 13.2 Å². The fourth-order valence-electron chi connectivity index (χ4n) is 6.30. The second kappa shape index (κ2) is 16.3. The van der Waals surface area contributed by atoms with Crippen LogP contribution in [0.2, 0.25) is 0 Å². The van der Waals surface area contributed by atoms with E-state index in [0.29, 0.717) is 45.9 Å². The summed E-state index contributed by atoms with van der Waals surface area (Å²) < 4.78 is 15.0. The van der Waals surface area contributed by atoms with Crippen molar-refractivity contribution in [2.75, 3.05) is 13.1 Å². The number of nitrogens with two attached hydrogens (primary N) is 1. The Bertz CT molecular complexity index is 1570. The van der Waals surface area contributed by atoms with Crippen LogP contribution in [0.1, 0.15) is 69.0 Å². The number of carbonyl (C=O) groups excluding carboxylic acids is 2. The Labute approximate surface area is 291 Å². The Balaban J connectivity index is 0.000000188. The largest absolute Gasteiger partial charge is 0.445 e. The van der Waals surface area contributed by atoms with E-state index in [9.17, 15) is 9.59 Å². The van der Waals surface area contributed by atoms with Gasteiger partial charge in [-0.15, -0.1) is 0 Å². The number of aryl methyl sites for hydroxylation is 6. The molecule has 12 heteroatoms. The number of carbonyl (C=O) groups is 2. The third-order valence-corrected chi connectivity index (χ3v) is 8.85. The van der Waals surface area contributed by atoms with Gasteiger partial charge < -0.3 is 25.0 Å². The maximum atomic E-state index is 12.4. The van der Waals surface area contributed by atoms with Gasteiger partial charge in [0, 0.05) is 38.1 Å². The maximum absolute atomic E-state index is 12.4. The molecule has 0 aliphatic carbocycles. The van der Waals surface area contributed by atoms with E-state index in [1.807, 2.05) is 47.5 Å². The normalized spacial score (nSPS) is 14.2. The monoisotopic (exact) mass is 719 g/mol. The third-order valence-electron chi connectivity index (χ3n) is 8.28. The molecule has 256 valence electrons. The van der Waals surface area contributed by atoms with Gasteiger partial charge in [-0.3, -0.25) is 9.36 Å². The van der Waals surface area contributed by atoms with Crippen molar-refractivity contribution >= 4 is 28.1 Å². The van der Waals surface area contributed by atoms with Crippen molar-refractivity contribution in [1.82, 2.24) is 29.4 Å². The average Bonchev–Trinajstić information content (AvgIpc) is 3.49. The first kappa shape index (κ1) is 35.2. The molecule has 0 saturated heterocycles. The highest BCUT2D eigenvalue weighted by atomic mass is 79.9. The molecule has 0 spiro atoms. The van der Waals surface area contributed by atoms with Gasteiger partial charge in [0.25, 0.3) is 0 Å². The van der Waals surface area contributed by atoms with Crippen molar-refractivity contribution in [3.63, 3.8) is 0 Å². The zero-order valence-corrected chi connectivity index (χ0v) is 30.0. The third kappa shape index (κ3) is 9.47. The van der Waals surface area contributed by atoms with Gasteiger partial charge in [-0.1, -0.05) is 74.6 Å². The minimum absolute atomic E-state index is 0.260. The minimum atomic E-state index is -0.280. The molecule has 6 rings (SSSR count). The number of benzene rings is 2. The van der Waals surface area contributed by atoms with Gasteiger partial charge in [-0.05, 0) is 63.8 Å². The highest BCUT2D eigenvalue weighted by Crippen LogP contribution is 2.18. The van der Waals surface area contributed by atoms with Gasteiger partial charge in [0.05, 0.1) is 35.9 Å². The van der Waals surface area contributed by atoms with Crippen LogP contribution >= 0.6 is 15.9 Å². The Morgan fingerprint density at radius 3 is 1.50 bits per heavy atom. The topological polar surface area (TPSA) is 121 Å². The van der Waals surface area contributed by atoms with Crippen molar-refractivity contribution in [3.8, 4) is 0 Å². The first-order valence-electron chi connectivity index (χ1n) is 16.4. The van der Waals surface area contributed by atoms with Crippen LogP contribution in [-0.2, 0) is 60.7 Å². The summed E-state index contributed by atoms with van der Waals surface area (Å²) in [7, 11) is 0. The van der Waals surface area contributed by atoms with E-state index in [-0.39, 0.29) is 12.2 Å². The van der Waals surface area contributed by atoms with Gasteiger partial charge in [-0.25, -0.2) is 9.59 Å². The Kier molecular flexibility index (Phi) is 11.9. The molecule has 2 amide bonds. The number of ether oxygens (including phenoxy) is 2. The van der Waals surface area contributed by atoms with E-state index in [4.69, 9.17) is 15.2 Å². The number of rotatable bonds is 6. The highest BCUT2D eigenvalue weighted by Gasteiger charge is 2.23. The van der Waals surface area contributed by atoms with E-state index in [2.05, 4.69) is 64.2 Å². The predicted molar refractivity (Wildman–Crippen MR) is 187 cm³/mol. The number of hydrogen-bond acceptors (Lipinski definition) is 7. The van der Waals surface area contributed by atoms with Crippen LogP contribution in [0.25, 0.3) is 0 Å². The summed E-state index contributed by atoms with van der Waals surface area (Å²) in [6, 6.07) is 16.4. The standard InChI is InChI=1S/C18H22BrN3O2.C18H24N4O2/c2*1-13-6-14(2)8-15(7-13)12-24-18(23)21-4-3-5-22-17(11-21)9-16(10-19)20-22/h6-9H,3-5,10-12H2,1-2H3;6-9H,3-5,10-12,19H2,1-2H3. The number of hydrogen-bond donors (Lipinski definition) is 1. The molecule has 2 aliphatic heterocycles. The maximum Gasteiger partial charge on any atom is 0.410 e. The number of halogens is 1. The Hall–Kier alpha value is -4.16. The zero-order chi connectivity index (χ0) is 34.2.